The fourth-order valence-electron chi connectivity index (χ4n) is 2.97. The first-order valence-electron chi connectivity index (χ1n) is 7.28. The number of aromatic nitrogens is 1. The Labute approximate surface area is 147 Å². The summed E-state index contributed by atoms with van der Waals surface area (Å²) in [6, 6.07) is 14.8. The summed E-state index contributed by atoms with van der Waals surface area (Å²) in [5.74, 6) is -0.448. The number of nitrogens with zero attached hydrogens (tertiary/aromatic N) is 1. The predicted octanol–water partition coefficient (Wildman–Crippen LogP) is 5.63. The zero-order valence-electron chi connectivity index (χ0n) is 12.6. The van der Waals surface area contributed by atoms with Crippen molar-refractivity contribution in [1.29, 1.82) is 0 Å². The number of halogens is 2. The highest BCUT2D eigenvalue weighted by atomic mass is 35.5. The molecular weight excluding hydrogens is 345 g/mol. The second-order valence-corrected chi connectivity index (χ2v) is 6.26. The second-order valence-electron chi connectivity index (χ2n) is 5.45. The fourth-order valence-corrected chi connectivity index (χ4v) is 3.49. The molecule has 24 heavy (non-hydrogen) atoms. The quantitative estimate of drug-likeness (QED) is 0.252. The topological polar surface area (TPSA) is 39.2 Å². The molecule has 0 amide bonds. The van der Waals surface area contributed by atoms with E-state index in [4.69, 9.17) is 32.9 Å². The van der Waals surface area contributed by atoms with E-state index in [2.05, 4.69) is 0 Å². The molecule has 3 nitrogen and oxygen atoms in total. The molecule has 0 aliphatic heterocycles. The summed E-state index contributed by atoms with van der Waals surface area (Å²) in [4.78, 5) is 17.0. The van der Waals surface area contributed by atoms with Gasteiger partial charge in [0.25, 0.3) is 0 Å². The van der Waals surface area contributed by atoms with Gasteiger partial charge in [0, 0.05) is 21.2 Å². The summed E-state index contributed by atoms with van der Waals surface area (Å²) in [5, 5.41) is 4.15. The number of pyridine rings is 1. The van der Waals surface area contributed by atoms with Gasteiger partial charge in [-0.1, -0.05) is 47.5 Å². The average Bonchev–Trinajstić information content (AvgIpc) is 2.61. The lowest BCUT2D eigenvalue weighted by Crippen LogP contribution is -2.03. The van der Waals surface area contributed by atoms with Gasteiger partial charge >= 0.3 is 5.97 Å². The molecule has 118 valence electrons. The molecule has 4 rings (SSSR count). The molecule has 5 heteroatoms. The number of carbonyl (C=O) groups is 1. The van der Waals surface area contributed by atoms with Crippen LogP contribution in [-0.2, 0) is 4.74 Å². The number of rotatable bonds is 1. The van der Waals surface area contributed by atoms with Gasteiger partial charge in [0.05, 0.1) is 28.7 Å². The minimum absolute atomic E-state index is 0.394. The molecule has 0 saturated carbocycles. The van der Waals surface area contributed by atoms with Crippen molar-refractivity contribution in [3.8, 4) is 0 Å². The Morgan fingerprint density at radius 2 is 1.83 bits per heavy atom. The van der Waals surface area contributed by atoms with Crippen molar-refractivity contribution in [3.05, 3.63) is 64.1 Å². The number of benzene rings is 3. The summed E-state index contributed by atoms with van der Waals surface area (Å²) in [6.45, 7) is 0. The lowest BCUT2D eigenvalue weighted by atomic mass is 9.99. The Morgan fingerprint density at radius 3 is 2.62 bits per heavy atom. The van der Waals surface area contributed by atoms with Crippen LogP contribution in [0.4, 0.5) is 0 Å². The number of carbonyl (C=O) groups excluding carboxylic acids is 1. The van der Waals surface area contributed by atoms with E-state index in [9.17, 15) is 4.79 Å². The number of fused-ring (bicyclic) bond motifs is 4. The van der Waals surface area contributed by atoms with Gasteiger partial charge in [-0.15, -0.1) is 0 Å². The second kappa shape index (κ2) is 5.62. The summed E-state index contributed by atoms with van der Waals surface area (Å²) in [7, 11) is 1.35. The minimum atomic E-state index is -0.448. The first-order chi connectivity index (χ1) is 11.6. The van der Waals surface area contributed by atoms with Crippen molar-refractivity contribution < 1.29 is 9.53 Å². The van der Waals surface area contributed by atoms with Crippen LogP contribution in [0, 0.1) is 0 Å². The molecule has 0 aliphatic rings. The molecule has 0 aliphatic carbocycles. The van der Waals surface area contributed by atoms with Crippen LogP contribution in [0.5, 0.6) is 0 Å². The molecule has 3 aromatic carbocycles. The Morgan fingerprint density at radius 1 is 1.04 bits per heavy atom. The highest BCUT2D eigenvalue weighted by Gasteiger charge is 2.19. The van der Waals surface area contributed by atoms with Crippen molar-refractivity contribution in [2.75, 3.05) is 7.11 Å². The standard InChI is InChI=1S/C19H11Cl2NO2/c1-24-19(23)14-8-10-6-7-11(20)9-13(10)18-16(14)17(21)12-4-2-3-5-15(12)22-18/h2-9H,1H3. The average molecular weight is 356 g/mol. The van der Waals surface area contributed by atoms with Crippen molar-refractivity contribution >= 4 is 61.7 Å². The zero-order chi connectivity index (χ0) is 16.8. The van der Waals surface area contributed by atoms with Gasteiger partial charge in [0.2, 0.25) is 0 Å². The first-order valence-corrected chi connectivity index (χ1v) is 8.04. The van der Waals surface area contributed by atoms with Crippen LogP contribution in [0.1, 0.15) is 10.4 Å². The van der Waals surface area contributed by atoms with Gasteiger partial charge in [-0.25, -0.2) is 9.78 Å². The third kappa shape index (κ3) is 2.20. The van der Waals surface area contributed by atoms with Gasteiger partial charge < -0.3 is 4.74 Å². The highest BCUT2D eigenvalue weighted by Crippen LogP contribution is 2.37. The van der Waals surface area contributed by atoms with E-state index in [-0.39, 0.29) is 0 Å². The van der Waals surface area contributed by atoms with Gasteiger partial charge in [-0.2, -0.15) is 0 Å². The molecule has 0 N–H and O–H groups in total. The normalized spacial score (nSPS) is 11.3. The van der Waals surface area contributed by atoms with Crippen LogP contribution in [0.2, 0.25) is 10.0 Å². The molecule has 0 saturated heterocycles. The van der Waals surface area contributed by atoms with E-state index >= 15 is 0 Å². The van der Waals surface area contributed by atoms with Crippen LogP contribution in [0.15, 0.2) is 48.5 Å². The Balaban J connectivity index is 2.31. The number of ether oxygens (including phenoxy) is 1. The summed E-state index contributed by atoms with van der Waals surface area (Å²) in [6.07, 6.45) is 0. The van der Waals surface area contributed by atoms with Crippen molar-refractivity contribution in [3.63, 3.8) is 0 Å². The van der Waals surface area contributed by atoms with Gasteiger partial charge in [-0.05, 0) is 29.7 Å². The number of hydrogen-bond donors (Lipinski definition) is 0. The number of para-hydroxylation sites is 1. The monoisotopic (exact) mass is 355 g/mol. The van der Waals surface area contributed by atoms with E-state index in [0.717, 1.165) is 21.7 Å². The number of hydrogen-bond acceptors (Lipinski definition) is 3. The van der Waals surface area contributed by atoms with Crippen molar-refractivity contribution in [1.82, 2.24) is 4.98 Å². The Hall–Kier alpha value is -2.36. The van der Waals surface area contributed by atoms with E-state index < -0.39 is 5.97 Å². The molecule has 0 atom stereocenters. The highest BCUT2D eigenvalue weighted by molar-refractivity contribution is 6.42. The molecule has 0 unspecified atom stereocenters. The van der Waals surface area contributed by atoms with Gasteiger partial charge in [-0.3, -0.25) is 0 Å². The van der Waals surface area contributed by atoms with E-state index in [1.807, 2.05) is 36.4 Å². The van der Waals surface area contributed by atoms with Crippen LogP contribution in [0.3, 0.4) is 0 Å². The maximum Gasteiger partial charge on any atom is 0.338 e. The third-order valence-corrected chi connectivity index (χ3v) is 4.70. The largest absolute Gasteiger partial charge is 0.465 e. The van der Waals surface area contributed by atoms with Crippen LogP contribution >= 0.6 is 23.2 Å². The van der Waals surface area contributed by atoms with Crippen LogP contribution < -0.4 is 0 Å². The SMILES string of the molecule is COC(=O)c1cc2ccc(Cl)cc2c2nc3ccccc3c(Cl)c12. The molecule has 0 spiro atoms. The maximum absolute atomic E-state index is 12.3. The zero-order valence-corrected chi connectivity index (χ0v) is 14.2. The molecule has 0 bridgehead atoms. The summed E-state index contributed by atoms with van der Waals surface area (Å²) < 4.78 is 4.93. The Kier molecular flexibility index (Phi) is 3.56. The number of esters is 1. The lowest BCUT2D eigenvalue weighted by Gasteiger charge is -2.12. The minimum Gasteiger partial charge on any atom is -0.465 e. The molecule has 1 heterocycles. The van der Waals surface area contributed by atoms with E-state index in [0.29, 0.717) is 26.5 Å². The van der Waals surface area contributed by atoms with Crippen LogP contribution in [0.25, 0.3) is 32.6 Å². The third-order valence-electron chi connectivity index (χ3n) is 4.07. The van der Waals surface area contributed by atoms with E-state index in [1.54, 1.807) is 12.1 Å². The smallest absolute Gasteiger partial charge is 0.338 e. The van der Waals surface area contributed by atoms with E-state index in [1.165, 1.54) is 7.11 Å². The molecule has 0 radical (unpaired) electrons. The van der Waals surface area contributed by atoms with Crippen LogP contribution in [-0.4, -0.2) is 18.1 Å². The molecule has 1 aromatic heterocycles. The Bertz CT molecular complexity index is 1140. The van der Waals surface area contributed by atoms with Crippen molar-refractivity contribution in [2.45, 2.75) is 0 Å². The summed E-state index contributed by atoms with van der Waals surface area (Å²) >= 11 is 12.8. The molecular formula is C19H11Cl2NO2. The molecule has 0 fully saturated rings. The number of methoxy groups -OCH3 is 1. The van der Waals surface area contributed by atoms with Gasteiger partial charge in [0.1, 0.15) is 0 Å². The first kappa shape index (κ1) is 15.2. The summed E-state index contributed by atoms with van der Waals surface area (Å²) in [5.41, 5.74) is 1.79. The maximum atomic E-state index is 12.3. The molecule has 4 aromatic rings. The van der Waals surface area contributed by atoms with Gasteiger partial charge in [0.15, 0.2) is 0 Å². The fraction of sp³-hybridized carbons (Fsp3) is 0.0526. The van der Waals surface area contributed by atoms with Crippen molar-refractivity contribution in [2.24, 2.45) is 0 Å². The lowest BCUT2D eigenvalue weighted by molar-refractivity contribution is 0.0603. The predicted molar refractivity (Wildman–Crippen MR) is 98.1 cm³/mol.